The molecule has 0 heterocycles. The van der Waals surface area contributed by atoms with Crippen LogP contribution in [-0.2, 0) is 0 Å². The molecule has 2 heteroatoms. The smallest absolute Gasteiger partial charge is 0.119 e. The number of hydrogen-bond donors (Lipinski definition) is 1. The molecule has 0 unspecified atom stereocenters. The van der Waals surface area contributed by atoms with Gasteiger partial charge in [-0.2, -0.15) is 0 Å². The first-order valence-corrected chi connectivity index (χ1v) is 4.02. The molecule has 0 radical (unpaired) electrons. The molecule has 3 N–H and O–H groups in total. The molecule has 0 bridgehead atoms. The molecule has 0 saturated heterocycles. The van der Waals surface area contributed by atoms with Crippen molar-refractivity contribution in [1.82, 2.24) is 6.15 Å². The molecule has 1 aromatic rings. The van der Waals surface area contributed by atoms with Gasteiger partial charge in [0.2, 0.25) is 0 Å². The summed E-state index contributed by atoms with van der Waals surface area (Å²) in [6.07, 6.45) is 1.06. The van der Waals surface area contributed by atoms with Gasteiger partial charge in [-0.1, -0.05) is 24.6 Å². The Balaban J connectivity index is 0.00000121. The van der Waals surface area contributed by atoms with Gasteiger partial charge in [0.1, 0.15) is 5.75 Å². The number of rotatable bonds is 3. The summed E-state index contributed by atoms with van der Waals surface area (Å²) in [5, 5.41) is 0. The van der Waals surface area contributed by atoms with E-state index >= 15 is 0 Å². The van der Waals surface area contributed by atoms with Gasteiger partial charge in [0, 0.05) is 0 Å². The zero-order valence-electron chi connectivity index (χ0n) is 7.84. The van der Waals surface area contributed by atoms with Crippen LogP contribution in [0.5, 0.6) is 5.75 Å². The lowest BCUT2D eigenvalue weighted by Crippen LogP contribution is -1.94. The normalized spacial score (nSPS) is 8.83. The van der Waals surface area contributed by atoms with Crippen molar-refractivity contribution in [2.75, 3.05) is 6.61 Å². The highest BCUT2D eigenvalue weighted by Crippen LogP contribution is 2.11. The molecule has 0 fully saturated rings. The Morgan fingerprint density at radius 1 is 1.17 bits per heavy atom. The minimum absolute atomic E-state index is 0. The third kappa shape index (κ3) is 3.39. The highest BCUT2D eigenvalue weighted by atomic mass is 16.5. The monoisotopic (exact) mass is 167 g/mol. The Morgan fingerprint density at radius 2 is 1.75 bits per heavy atom. The summed E-state index contributed by atoms with van der Waals surface area (Å²) in [6, 6.07) is 8.13. The summed E-state index contributed by atoms with van der Waals surface area (Å²) in [5.41, 5.74) is 1.27. The van der Waals surface area contributed by atoms with E-state index in [1.54, 1.807) is 0 Å². The van der Waals surface area contributed by atoms with Crippen molar-refractivity contribution in [1.29, 1.82) is 0 Å². The molecule has 68 valence electrons. The van der Waals surface area contributed by atoms with Gasteiger partial charge >= 0.3 is 0 Å². The summed E-state index contributed by atoms with van der Waals surface area (Å²) in [4.78, 5) is 0. The molecule has 0 atom stereocenters. The molecular weight excluding hydrogens is 150 g/mol. The molecule has 0 aliphatic heterocycles. The van der Waals surface area contributed by atoms with Crippen molar-refractivity contribution in [2.24, 2.45) is 0 Å². The molecule has 0 saturated carbocycles. The summed E-state index contributed by atoms with van der Waals surface area (Å²) in [5.74, 6) is 0.970. The van der Waals surface area contributed by atoms with Crippen molar-refractivity contribution in [2.45, 2.75) is 20.3 Å². The summed E-state index contributed by atoms with van der Waals surface area (Å²) in [6.45, 7) is 4.99. The van der Waals surface area contributed by atoms with E-state index in [4.69, 9.17) is 4.74 Å². The van der Waals surface area contributed by atoms with Crippen molar-refractivity contribution < 1.29 is 4.74 Å². The fourth-order valence-electron chi connectivity index (χ4n) is 0.854. The molecule has 1 rings (SSSR count). The first-order chi connectivity index (χ1) is 5.33. The summed E-state index contributed by atoms with van der Waals surface area (Å²) in [7, 11) is 0. The fraction of sp³-hybridized carbons (Fsp3) is 0.400. The zero-order valence-corrected chi connectivity index (χ0v) is 7.84. The van der Waals surface area contributed by atoms with Gasteiger partial charge in [-0.15, -0.1) is 0 Å². The van der Waals surface area contributed by atoms with Crippen molar-refractivity contribution in [3.05, 3.63) is 29.8 Å². The Morgan fingerprint density at radius 3 is 2.25 bits per heavy atom. The fourth-order valence-corrected chi connectivity index (χ4v) is 0.854. The van der Waals surface area contributed by atoms with E-state index in [2.05, 4.69) is 26.0 Å². The molecule has 12 heavy (non-hydrogen) atoms. The Bertz CT molecular complexity index is 206. The summed E-state index contributed by atoms with van der Waals surface area (Å²) < 4.78 is 5.41. The first-order valence-electron chi connectivity index (χ1n) is 4.02. The van der Waals surface area contributed by atoms with Gasteiger partial charge in [-0.05, 0) is 25.5 Å². The van der Waals surface area contributed by atoms with Crippen molar-refractivity contribution in [3.63, 3.8) is 0 Å². The van der Waals surface area contributed by atoms with Crippen molar-refractivity contribution in [3.8, 4) is 5.75 Å². The van der Waals surface area contributed by atoms with E-state index in [1.165, 1.54) is 5.56 Å². The van der Waals surface area contributed by atoms with Gasteiger partial charge in [0.05, 0.1) is 6.61 Å². The van der Waals surface area contributed by atoms with E-state index in [1.807, 2.05) is 12.1 Å². The maximum Gasteiger partial charge on any atom is 0.119 e. The number of benzene rings is 1. The largest absolute Gasteiger partial charge is 0.494 e. The van der Waals surface area contributed by atoms with Gasteiger partial charge in [-0.3, -0.25) is 0 Å². The topological polar surface area (TPSA) is 44.2 Å². The molecule has 0 spiro atoms. The average Bonchev–Trinajstić information content (AvgIpc) is 2.04. The molecular formula is C10H17NO. The second-order valence-corrected chi connectivity index (χ2v) is 2.66. The van der Waals surface area contributed by atoms with Crippen LogP contribution in [0.15, 0.2) is 24.3 Å². The third-order valence-corrected chi connectivity index (χ3v) is 1.49. The first kappa shape index (κ1) is 11.0. The van der Waals surface area contributed by atoms with Crippen LogP contribution in [0.25, 0.3) is 0 Å². The predicted molar refractivity (Wildman–Crippen MR) is 52.0 cm³/mol. The Labute approximate surface area is 74.1 Å². The van der Waals surface area contributed by atoms with E-state index < -0.39 is 0 Å². The molecule has 0 amide bonds. The van der Waals surface area contributed by atoms with Crippen LogP contribution in [0, 0.1) is 6.92 Å². The standard InChI is InChI=1S/C10H14O.H3N/c1-3-8-11-10-6-4-9(2)5-7-10;/h4-7H,3,8H2,1-2H3;1H3. The van der Waals surface area contributed by atoms with Crippen LogP contribution in [0.4, 0.5) is 0 Å². The Kier molecular flexibility index (Phi) is 5.13. The van der Waals surface area contributed by atoms with E-state index in [0.29, 0.717) is 0 Å². The van der Waals surface area contributed by atoms with Crippen LogP contribution < -0.4 is 10.9 Å². The SMILES string of the molecule is CCCOc1ccc(C)cc1.N. The van der Waals surface area contributed by atoms with E-state index in [-0.39, 0.29) is 6.15 Å². The molecule has 0 aromatic heterocycles. The Hall–Kier alpha value is -1.02. The van der Waals surface area contributed by atoms with Crippen LogP contribution in [0.1, 0.15) is 18.9 Å². The lowest BCUT2D eigenvalue weighted by Gasteiger charge is -2.03. The number of hydrogen-bond acceptors (Lipinski definition) is 2. The van der Waals surface area contributed by atoms with Gasteiger partial charge in [0.15, 0.2) is 0 Å². The van der Waals surface area contributed by atoms with Gasteiger partial charge in [-0.25, -0.2) is 0 Å². The quantitative estimate of drug-likeness (QED) is 0.752. The van der Waals surface area contributed by atoms with Crippen molar-refractivity contribution >= 4 is 0 Å². The third-order valence-electron chi connectivity index (χ3n) is 1.49. The highest BCUT2D eigenvalue weighted by molar-refractivity contribution is 5.26. The minimum atomic E-state index is 0. The highest BCUT2D eigenvalue weighted by Gasteiger charge is 1.89. The number of aryl methyl sites for hydroxylation is 1. The molecule has 0 aliphatic carbocycles. The predicted octanol–water partition coefficient (Wildman–Crippen LogP) is 2.95. The van der Waals surface area contributed by atoms with Crippen LogP contribution in [-0.4, -0.2) is 6.61 Å². The molecule has 1 aromatic carbocycles. The minimum Gasteiger partial charge on any atom is -0.494 e. The summed E-state index contributed by atoms with van der Waals surface area (Å²) >= 11 is 0. The average molecular weight is 167 g/mol. The van der Waals surface area contributed by atoms with Gasteiger partial charge < -0.3 is 10.9 Å². The lowest BCUT2D eigenvalue weighted by molar-refractivity contribution is 0.317. The van der Waals surface area contributed by atoms with Gasteiger partial charge in [0.25, 0.3) is 0 Å². The lowest BCUT2D eigenvalue weighted by atomic mass is 10.2. The van der Waals surface area contributed by atoms with Crippen LogP contribution in [0.3, 0.4) is 0 Å². The van der Waals surface area contributed by atoms with E-state index in [9.17, 15) is 0 Å². The number of ether oxygens (including phenoxy) is 1. The second kappa shape index (κ2) is 5.61. The second-order valence-electron chi connectivity index (χ2n) is 2.66. The maximum atomic E-state index is 5.41. The molecule has 2 nitrogen and oxygen atoms in total. The van der Waals surface area contributed by atoms with Crippen LogP contribution >= 0.6 is 0 Å². The van der Waals surface area contributed by atoms with Crippen LogP contribution in [0.2, 0.25) is 0 Å². The molecule has 0 aliphatic rings. The zero-order chi connectivity index (χ0) is 8.10. The van der Waals surface area contributed by atoms with E-state index in [0.717, 1.165) is 18.8 Å². The maximum absolute atomic E-state index is 5.41.